The van der Waals surface area contributed by atoms with Crippen molar-refractivity contribution in [2.24, 2.45) is 0 Å². The highest BCUT2D eigenvalue weighted by molar-refractivity contribution is 6.24. The van der Waals surface area contributed by atoms with E-state index in [0.717, 1.165) is 18.5 Å². The molecule has 1 aliphatic heterocycles. The van der Waals surface area contributed by atoms with Gasteiger partial charge in [-0.05, 0) is 51.2 Å². The van der Waals surface area contributed by atoms with Crippen molar-refractivity contribution < 1.29 is 14.4 Å². The maximum atomic E-state index is 12.7. The average molecular weight is 351 g/mol. The van der Waals surface area contributed by atoms with Gasteiger partial charge in [0.2, 0.25) is 0 Å². The van der Waals surface area contributed by atoms with Crippen LogP contribution in [0.3, 0.4) is 0 Å². The number of fused-ring (bicyclic) bond motifs is 1. The third-order valence-corrected chi connectivity index (χ3v) is 5.59. The van der Waals surface area contributed by atoms with E-state index in [1.165, 1.54) is 5.56 Å². The van der Waals surface area contributed by atoms with E-state index in [1.54, 1.807) is 20.8 Å². The monoisotopic (exact) mass is 351 g/mol. The number of nitrogens with one attached hydrogen (secondary N) is 1. The molecule has 0 spiro atoms. The van der Waals surface area contributed by atoms with Crippen LogP contribution < -0.4 is 5.32 Å². The number of rotatable bonds is 5. The second kappa shape index (κ2) is 7.50. The minimum atomic E-state index is -0.261. The summed E-state index contributed by atoms with van der Waals surface area (Å²) in [7, 11) is 0. The van der Waals surface area contributed by atoms with E-state index >= 15 is 0 Å². The summed E-state index contributed by atoms with van der Waals surface area (Å²) in [5.41, 5.74) is 4.47. The van der Waals surface area contributed by atoms with Crippen LogP contribution in [0.5, 0.6) is 0 Å². The van der Waals surface area contributed by atoms with Crippen LogP contribution in [-0.2, 0) is 20.8 Å². The summed E-state index contributed by atoms with van der Waals surface area (Å²) in [6.45, 7) is 5.92. The molecular formula is C22H25NO3. The van der Waals surface area contributed by atoms with Gasteiger partial charge in [0.05, 0.1) is 6.04 Å². The summed E-state index contributed by atoms with van der Waals surface area (Å²) in [4.78, 5) is 37.4. The van der Waals surface area contributed by atoms with Gasteiger partial charge in [-0.15, -0.1) is 0 Å². The molecule has 0 aromatic heterocycles. The van der Waals surface area contributed by atoms with Crippen molar-refractivity contribution in [3.05, 3.63) is 57.7 Å². The molecule has 1 aliphatic carbocycles. The van der Waals surface area contributed by atoms with Crippen LogP contribution in [0.4, 0.5) is 0 Å². The molecule has 136 valence electrons. The highest BCUT2D eigenvalue weighted by atomic mass is 16.1. The smallest absolute Gasteiger partial charge is 0.185 e. The van der Waals surface area contributed by atoms with Gasteiger partial charge in [0.1, 0.15) is 0 Å². The Kier molecular flexibility index (Phi) is 5.33. The van der Waals surface area contributed by atoms with Crippen LogP contribution in [-0.4, -0.2) is 23.9 Å². The number of carbonyl (C=O) groups is 3. The van der Waals surface area contributed by atoms with E-state index < -0.39 is 0 Å². The quantitative estimate of drug-likeness (QED) is 0.826. The second-order valence-electron chi connectivity index (χ2n) is 7.17. The summed E-state index contributed by atoms with van der Waals surface area (Å²) >= 11 is 0. The number of hydrogen-bond donors (Lipinski definition) is 1. The molecule has 0 saturated carbocycles. The summed E-state index contributed by atoms with van der Waals surface area (Å²) in [5.74, 6) is 0.0490. The largest absolute Gasteiger partial charge is 0.303 e. The van der Waals surface area contributed by atoms with Crippen LogP contribution in [0.2, 0.25) is 0 Å². The number of Topliss-reactive ketones (excluding diaryl/α,β-unsaturated/α-hetero) is 3. The fourth-order valence-electron chi connectivity index (χ4n) is 3.83. The van der Waals surface area contributed by atoms with Crippen molar-refractivity contribution >= 4 is 17.3 Å². The topological polar surface area (TPSA) is 63.2 Å². The summed E-state index contributed by atoms with van der Waals surface area (Å²) in [6.07, 6.45) is 2.39. The normalized spacial score (nSPS) is 20.5. The Morgan fingerprint density at radius 1 is 1.04 bits per heavy atom. The van der Waals surface area contributed by atoms with Gasteiger partial charge in [-0.1, -0.05) is 24.3 Å². The Balaban J connectivity index is 1.65. The lowest BCUT2D eigenvalue weighted by atomic mass is 9.83. The lowest BCUT2D eigenvalue weighted by Crippen LogP contribution is -2.35. The van der Waals surface area contributed by atoms with Crippen LogP contribution in [0, 0.1) is 0 Å². The molecule has 4 nitrogen and oxygen atoms in total. The average Bonchev–Trinajstić information content (AvgIpc) is 2.67. The lowest BCUT2D eigenvalue weighted by molar-refractivity contribution is -0.121. The third-order valence-electron chi connectivity index (χ3n) is 5.59. The zero-order valence-electron chi connectivity index (χ0n) is 15.6. The van der Waals surface area contributed by atoms with E-state index in [-0.39, 0.29) is 23.4 Å². The van der Waals surface area contributed by atoms with Crippen LogP contribution >= 0.6 is 0 Å². The van der Waals surface area contributed by atoms with Crippen molar-refractivity contribution in [3.63, 3.8) is 0 Å². The van der Waals surface area contributed by atoms with Gasteiger partial charge in [0.25, 0.3) is 0 Å². The first kappa shape index (κ1) is 18.5. The standard InChI is InChI=1S/C22H25NO3/c1-13-14(2)22(26)17(15(3)21(13)25)9-6-10-19(24)20-18-8-5-4-7-16(18)11-12-23-20/h4-5,7-8,20,23H,6,9-12H2,1-3H3. The van der Waals surface area contributed by atoms with Gasteiger partial charge in [-0.2, -0.15) is 0 Å². The molecule has 3 rings (SSSR count). The van der Waals surface area contributed by atoms with E-state index in [0.29, 0.717) is 41.6 Å². The molecule has 1 N–H and O–H groups in total. The van der Waals surface area contributed by atoms with Crippen molar-refractivity contribution in [1.29, 1.82) is 0 Å². The van der Waals surface area contributed by atoms with Gasteiger partial charge in [-0.3, -0.25) is 14.4 Å². The molecule has 1 heterocycles. The van der Waals surface area contributed by atoms with E-state index in [9.17, 15) is 14.4 Å². The zero-order chi connectivity index (χ0) is 18.8. The third kappa shape index (κ3) is 3.34. The van der Waals surface area contributed by atoms with Crippen molar-refractivity contribution in [2.75, 3.05) is 6.54 Å². The Morgan fingerprint density at radius 3 is 2.50 bits per heavy atom. The van der Waals surface area contributed by atoms with Crippen molar-refractivity contribution in [2.45, 2.75) is 52.5 Å². The fraction of sp³-hybridized carbons (Fsp3) is 0.409. The van der Waals surface area contributed by atoms with Crippen LogP contribution in [0.25, 0.3) is 0 Å². The SMILES string of the molecule is CC1=C(C)C(=O)C(CCCC(=O)C2NCCc3ccccc32)=C(C)C1=O. The molecule has 0 fully saturated rings. The van der Waals surface area contributed by atoms with E-state index in [4.69, 9.17) is 0 Å². The molecule has 0 radical (unpaired) electrons. The number of benzene rings is 1. The summed E-state index contributed by atoms with van der Waals surface area (Å²) in [6, 6.07) is 7.79. The summed E-state index contributed by atoms with van der Waals surface area (Å²) < 4.78 is 0. The number of hydrogen-bond acceptors (Lipinski definition) is 4. The molecule has 1 aromatic rings. The van der Waals surface area contributed by atoms with Gasteiger partial charge >= 0.3 is 0 Å². The van der Waals surface area contributed by atoms with Crippen LogP contribution in [0.15, 0.2) is 46.6 Å². The zero-order valence-corrected chi connectivity index (χ0v) is 15.6. The number of carbonyl (C=O) groups excluding carboxylic acids is 3. The first-order valence-electron chi connectivity index (χ1n) is 9.22. The molecule has 26 heavy (non-hydrogen) atoms. The van der Waals surface area contributed by atoms with Crippen molar-refractivity contribution in [3.8, 4) is 0 Å². The van der Waals surface area contributed by atoms with Crippen molar-refractivity contribution in [1.82, 2.24) is 5.32 Å². The molecule has 2 aliphatic rings. The molecule has 0 amide bonds. The molecule has 1 aromatic carbocycles. The Labute approximate surface area is 154 Å². The second-order valence-corrected chi connectivity index (χ2v) is 7.17. The highest BCUT2D eigenvalue weighted by Gasteiger charge is 2.28. The number of ketones is 3. The number of allylic oxidation sites excluding steroid dienone is 4. The Hall–Kier alpha value is -2.33. The Morgan fingerprint density at radius 2 is 1.73 bits per heavy atom. The molecule has 1 unspecified atom stereocenters. The molecule has 4 heteroatoms. The molecule has 0 saturated heterocycles. The van der Waals surface area contributed by atoms with Gasteiger partial charge in [0, 0.05) is 35.3 Å². The maximum Gasteiger partial charge on any atom is 0.185 e. The van der Waals surface area contributed by atoms with Gasteiger partial charge in [0.15, 0.2) is 17.3 Å². The molecule has 0 bridgehead atoms. The Bertz CT molecular complexity index is 845. The lowest BCUT2D eigenvalue weighted by Gasteiger charge is -2.26. The maximum absolute atomic E-state index is 12.7. The van der Waals surface area contributed by atoms with Crippen LogP contribution in [0.1, 0.15) is 57.2 Å². The predicted octanol–water partition coefficient (Wildman–Crippen LogP) is 3.42. The predicted molar refractivity (Wildman–Crippen MR) is 101 cm³/mol. The minimum absolute atomic E-state index is 0.0480. The fourth-order valence-corrected chi connectivity index (χ4v) is 3.83. The minimum Gasteiger partial charge on any atom is -0.303 e. The van der Waals surface area contributed by atoms with Gasteiger partial charge < -0.3 is 5.32 Å². The molecule has 1 atom stereocenters. The first-order valence-corrected chi connectivity index (χ1v) is 9.22. The van der Waals surface area contributed by atoms with E-state index in [1.807, 2.05) is 18.2 Å². The highest BCUT2D eigenvalue weighted by Crippen LogP contribution is 2.29. The van der Waals surface area contributed by atoms with E-state index in [2.05, 4.69) is 11.4 Å². The van der Waals surface area contributed by atoms with Gasteiger partial charge in [-0.25, -0.2) is 0 Å². The summed E-state index contributed by atoms with van der Waals surface area (Å²) in [5, 5.41) is 3.31. The first-order chi connectivity index (χ1) is 12.4. The molecular weight excluding hydrogens is 326 g/mol.